The van der Waals surface area contributed by atoms with Crippen molar-refractivity contribution in [2.24, 2.45) is 7.05 Å². The van der Waals surface area contributed by atoms with E-state index in [0.29, 0.717) is 0 Å². The van der Waals surface area contributed by atoms with Crippen molar-refractivity contribution in [3.8, 4) is 0 Å². The first-order valence-electron chi connectivity index (χ1n) is 8.61. The fraction of sp³-hybridized carbons (Fsp3) is 0.444. The maximum absolute atomic E-state index is 9.49. The fourth-order valence-electron chi connectivity index (χ4n) is 3.41. The third kappa shape index (κ3) is 3.15. The number of benzene rings is 1. The first-order chi connectivity index (χ1) is 12.2. The molecular formula is C18H23N5OS. The Bertz CT molecular complexity index is 844. The third-order valence-corrected chi connectivity index (χ3v) is 6.07. The van der Waals surface area contributed by atoms with Crippen molar-refractivity contribution in [3.63, 3.8) is 0 Å². The van der Waals surface area contributed by atoms with Crippen LogP contribution in [-0.4, -0.2) is 50.9 Å². The van der Waals surface area contributed by atoms with Crippen molar-refractivity contribution in [3.05, 3.63) is 41.1 Å². The summed E-state index contributed by atoms with van der Waals surface area (Å²) < 4.78 is 3.06. The highest BCUT2D eigenvalue weighted by molar-refractivity contribution is 7.22. The van der Waals surface area contributed by atoms with Gasteiger partial charge in [0.05, 0.1) is 17.0 Å². The Labute approximate surface area is 151 Å². The number of nitrogens with zero attached hydrogens (tertiary/aromatic N) is 5. The molecule has 1 aromatic carbocycles. The van der Waals surface area contributed by atoms with E-state index in [9.17, 15) is 5.11 Å². The van der Waals surface area contributed by atoms with Crippen molar-refractivity contribution in [2.75, 3.05) is 31.1 Å². The average Bonchev–Trinajstić information content (AvgIpc) is 3.18. The summed E-state index contributed by atoms with van der Waals surface area (Å²) in [7, 11) is 1.95. The van der Waals surface area contributed by atoms with Crippen LogP contribution < -0.4 is 4.90 Å². The lowest BCUT2D eigenvalue weighted by molar-refractivity contribution is 0.243. The number of aliphatic hydroxyl groups excluding tert-OH is 1. The van der Waals surface area contributed by atoms with E-state index in [1.165, 1.54) is 10.3 Å². The number of aromatic nitrogens is 3. The van der Waals surface area contributed by atoms with E-state index in [4.69, 9.17) is 4.98 Å². The van der Waals surface area contributed by atoms with Crippen LogP contribution >= 0.6 is 11.3 Å². The normalized spacial score (nSPS) is 16.0. The molecule has 0 spiro atoms. The topological polar surface area (TPSA) is 57.4 Å². The molecule has 25 heavy (non-hydrogen) atoms. The van der Waals surface area contributed by atoms with E-state index in [1.54, 1.807) is 11.3 Å². The van der Waals surface area contributed by atoms with Crippen LogP contribution in [0, 0.1) is 6.92 Å². The predicted molar refractivity (Wildman–Crippen MR) is 101 cm³/mol. The summed E-state index contributed by atoms with van der Waals surface area (Å²) >= 11 is 1.74. The molecule has 0 bridgehead atoms. The molecule has 1 fully saturated rings. The Morgan fingerprint density at radius 3 is 2.52 bits per heavy atom. The van der Waals surface area contributed by atoms with Gasteiger partial charge in [0.15, 0.2) is 10.8 Å². The lowest BCUT2D eigenvalue weighted by Gasteiger charge is -2.34. The second-order valence-electron chi connectivity index (χ2n) is 6.55. The van der Waals surface area contributed by atoms with Crippen LogP contribution in [0.2, 0.25) is 0 Å². The maximum Gasteiger partial charge on any atom is 0.188 e. The molecule has 3 aromatic rings. The maximum atomic E-state index is 9.49. The number of hydrogen-bond donors (Lipinski definition) is 1. The average molecular weight is 357 g/mol. The van der Waals surface area contributed by atoms with Gasteiger partial charge in [-0.05, 0) is 18.1 Å². The van der Waals surface area contributed by atoms with E-state index in [0.717, 1.165) is 54.8 Å². The minimum atomic E-state index is 0.106. The highest BCUT2D eigenvalue weighted by Gasteiger charge is 2.22. The Morgan fingerprint density at radius 2 is 1.84 bits per heavy atom. The highest BCUT2D eigenvalue weighted by atomic mass is 32.1. The molecule has 0 unspecified atom stereocenters. The summed E-state index contributed by atoms with van der Waals surface area (Å²) in [6.07, 6.45) is 0. The first kappa shape index (κ1) is 16.5. The second kappa shape index (κ2) is 6.74. The van der Waals surface area contributed by atoms with Gasteiger partial charge in [-0.1, -0.05) is 35.6 Å². The van der Waals surface area contributed by atoms with Gasteiger partial charge in [-0.25, -0.2) is 9.67 Å². The summed E-state index contributed by atoms with van der Waals surface area (Å²) in [5.41, 5.74) is 4.29. The molecule has 0 aliphatic carbocycles. The number of piperazine rings is 1. The van der Waals surface area contributed by atoms with Gasteiger partial charge in [-0.3, -0.25) is 4.90 Å². The van der Waals surface area contributed by atoms with Crippen molar-refractivity contribution in [2.45, 2.75) is 20.1 Å². The van der Waals surface area contributed by atoms with Gasteiger partial charge in [-0.15, -0.1) is 0 Å². The molecule has 7 heteroatoms. The molecule has 132 valence electrons. The molecule has 6 nitrogen and oxygen atoms in total. The number of fused-ring (bicyclic) bond motifs is 1. The zero-order chi connectivity index (χ0) is 17.4. The van der Waals surface area contributed by atoms with Gasteiger partial charge < -0.3 is 10.0 Å². The van der Waals surface area contributed by atoms with Crippen molar-refractivity contribution < 1.29 is 5.11 Å². The SMILES string of the molecule is Cc1nn(C)c2nc(N3CCN(Cc4ccccc4CO)CC3)sc12. The van der Waals surface area contributed by atoms with Crippen molar-refractivity contribution in [1.82, 2.24) is 19.7 Å². The molecule has 1 aliphatic heterocycles. The third-order valence-electron chi connectivity index (χ3n) is 4.86. The number of aryl methyl sites for hydroxylation is 2. The van der Waals surface area contributed by atoms with Crippen molar-refractivity contribution >= 4 is 26.8 Å². The minimum Gasteiger partial charge on any atom is -0.392 e. The summed E-state index contributed by atoms with van der Waals surface area (Å²) in [4.78, 5) is 9.61. The standard InChI is InChI=1S/C18H23N5OS/c1-13-16-17(21(2)20-13)19-18(25-16)23-9-7-22(8-10-23)11-14-5-3-4-6-15(14)12-24/h3-6,24H,7-12H2,1-2H3. The second-order valence-corrected chi connectivity index (χ2v) is 7.53. The summed E-state index contributed by atoms with van der Waals surface area (Å²) in [5, 5.41) is 15.0. The number of hydrogen-bond acceptors (Lipinski definition) is 6. The van der Waals surface area contributed by atoms with Gasteiger partial charge in [0.2, 0.25) is 0 Å². The van der Waals surface area contributed by atoms with Gasteiger partial charge >= 0.3 is 0 Å². The molecule has 2 aromatic heterocycles. The largest absolute Gasteiger partial charge is 0.392 e. The quantitative estimate of drug-likeness (QED) is 0.775. The van der Waals surface area contributed by atoms with Crippen LogP contribution in [0.25, 0.3) is 10.3 Å². The molecular weight excluding hydrogens is 334 g/mol. The Kier molecular flexibility index (Phi) is 4.45. The zero-order valence-electron chi connectivity index (χ0n) is 14.6. The lowest BCUT2D eigenvalue weighted by atomic mass is 10.1. The molecule has 3 heterocycles. The fourth-order valence-corrected chi connectivity index (χ4v) is 4.50. The number of rotatable bonds is 4. The molecule has 1 saturated heterocycles. The van der Waals surface area contributed by atoms with Crippen LogP contribution in [0.3, 0.4) is 0 Å². The van der Waals surface area contributed by atoms with E-state index in [2.05, 4.69) is 21.0 Å². The Balaban J connectivity index is 1.43. The predicted octanol–water partition coefficient (Wildman–Crippen LogP) is 2.15. The van der Waals surface area contributed by atoms with Crippen LogP contribution in [-0.2, 0) is 20.2 Å². The van der Waals surface area contributed by atoms with Crippen LogP contribution in [0.15, 0.2) is 24.3 Å². The smallest absolute Gasteiger partial charge is 0.188 e. The lowest BCUT2D eigenvalue weighted by Crippen LogP contribution is -2.46. The number of aliphatic hydroxyl groups is 1. The molecule has 0 amide bonds. The van der Waals surface area contributed by atoms with Gasteiger partial charge in [0, 0.05) is 39.8 Å². The van der Waals surface area contributed by atoms with Crippen LogP contribution in [0.1, 0.15) is 16.8 Å². The summed E-state index contributed by atoms with van der Waals surface area (Å²) in [5.74, 6) is 0. The summed E-state index contributed by atoms with van der Waals surface area (Å²) in [6, 6.07) is 8.14. The zero-order valence-corrected chi connectivity index (χ0v) is 15.5. The Morgan fingerprint density at radius 1 is 1.12 bits per heavy atom. The minimum absolute atomic E-state index is 0.106. The van der Waals surface area contributed by atoms with Gasteiger partial charge in [-0.2, -0.15) is 5.10 Å². The van der Waals surface area contributed by atoms with Gasteiger partial charge in [0.25, 0.3) is 0 Å². The molecule has 0 radical (unpaired) electrons. The molecule has 0 saturated carbocycles. The highest BCUT2D eigenvalue weighted by Crippen LogP contribution is 2.31. The molecule has 4 rings (SSSR count). The van der Waals surface area contributed by atoms with Gasteiger partial charge in [0.1, 0.15) is 0 Å². The summed E-state index contributed by atoms with van der Waals surface area (Å²) in [6.45, 7) is 7.02. The first-order valence-corrected chi connectivity index (χ1v) is 9.42. The monoisotopic (exact) mass is 357 g/mol. The molecule has 0 atom stereocenters. The molecule has 1 N–H and O–H groups in total. The molecule has 1 aliphatic rings. The Hall–Kier alpha value is -1.96. The van der Waals surface area contributed by atoms with E-state index in [1.807, 2.05) is 36.9 Å². The number of anilines is 1. The van der Waals surface area contributed by atoms with Crippen molar-refractivity contribution in [1.29, 1.82) is 0 Å². The van der Waals surface area contributed by atoms with E-state index in [-0.39, 0.29) is 6.61 Å². The van der Waals surface area contributed by atoms with Crippen LogP contribution in [0.4, 0.5) is 5.13 Å². The van der Waals surface area contributed by atoms with E-state index < -0.39 is 0 Å². The number of thiazole rings is 1. The van der Waals surface area contributed by atoms with E-state index >= 15 is 0 Å². The van der Waals surface area contributed by atoms with Crippen LogP contribution in [0.5, 0.6) is 0 Å².